The van der Waals surface area contributed by atoms with E-state index in [9.17, 15) is 18.0 Å². The number of aliphatic hydroxyl groups is 1. The van der Waals surface area contributed by atoms with Gasteiger partial charge in [0.1, 0.15) is 6.04 Å². The number of aliphatic hydroxyl groups excluding tert-OH is 1. The Morgan fingerprint density at radius 3 is 2.36 bits per heavy atom. The normalized spacial score (nSPS) is 13.5. The molecule has 0 saturated carbocycles. The van der Waals surface area contributed by atoms with Crippen molar-refractivity contribution in [3.05, 3.63) is 48.0 Å². The molecule has 0 fully saturated rings. The smallest absolute Gasteiger partial charge is 0.461 e. The van der Waals surface area contributed by atoms with Crippen molar-refractivity contribution in [2.75, 3.05) is 6.61 Å². The number of alkyl halides is 3. The van der Waals surface area contributed by atoms with Gasteiger partial charge in [-0.3, -0.25) is 4.79 Å². The predicted octanol–water partition coefficient (Wildman–Crippen LogP) is 2.61. The highest BCUT2D eigenvalue weighted by molar-refractivity contribution is 5.85. The Hall–Kier alpha value is -2.12. The van der Waals surface area contributed by atoms with E-state index in [0.717, 1.165) is 5.39 Å². The molecular weight excluding hydrogens is 299 g/mol. The van der Waals surface area contributed by atoms with E-state index < -0.39 is 31.5 Å². The largest absolute Gasteiger partial charge is 0.480 e. The maximum absolute atomic E-state index is 13.2. The molecule has 0 radical (unpaired) electrons. The quantitative estimate of drug-likeness (QED) is 0.833. The molecule has 0 aromatic heterocycles. The SMILES string of the molecule is O=C(O)C(CO)N(Cc1cccc2ccccc12)C(F)(F)F. The van der Waals surface area contributed by atoms with Crippen molar-refractivity contribution in [3.63, 3.8) is 0 Å². The molecule has 1 atom stereocenters. The number of carboxylic acids is 1. The molecule has 7 heteroatoms. The van der Waals surface area contributed by atoms with Crippen LogP contribution in [0.3, 0.4) is 0 Å². The molecule has 2 rings (SSSR count). The average molecular weight is 313 g/mol. The van der Waals surface area contributed by atoms with Crippen LogP contribution in [0.2, 0.25) is 0 Å². The zero-order valence-electron chi connectivity index (χ0n) is 11.4. The molecular formula is C15H14F3NO3. The lowest BCUT2D eigenvalue weighted by Crippen LogP contribution is -2.50. The Morgan fingerprint density at radius 1 is 1.14 bits per heavy atom. The highest BCUT2D eigenvalue weighted by Crippen LogP contribution is 2.29. The van der Waals surface area contributed by atoms with Gasteiger partial charge in [0.05, 0.1) is 6.61 Å². The van der Waals surface area contributed by atoms with Crippen LogP contribution < -0.4 is 0 Å². The van der Waals surface area contributed by atoms with Gasteiger partial charge in [0.25, 0.3) is 0 Å². The summed E-state index contributed by atoms with van der Waals surface area (Å²) in [7, 11) is 0. The van der Waals surface area contributed by atoms with Crippen molar-refractivity contribution in [1.29, 1.82) is 0 Å². The molecule has 2 N–H and O–H groups in total. The number of carbonyl (C=O) groups is 1. The third kappa shape index (κ3) is 3.37. The first-order chi connectivity index (χ1) is 10.3. The van der Waals surface area contributed by atoms with E-state index >= 15 is 0 Å². The number of nitrogens with zero attached hydrogens (tertiary/aromatic N) is 1. The highest BCUT2D eigenvalue weighted by Gasteiger charge is 2.44. The fourth-order valence-corrected chi connectivity index (χ4v) is 2.30. The van der Waals surface area contributed by atoms with Gasteiger partial charge in [-0.25, -0.2) is 0 Å². The van der Waals surface area contributed by atoms with Crippen LogP contribution in [0.15, 0.2) is 42.5 Å². The zero-order valence-corrected chi connectivity index (χ0v) is 11.4. The minimum Gasteiger partial charge on any atom is -0.480 e. The van der Waals surface area contributed by atoms with Crippen LogP contribution in [0, 0.1) is 0 Å². The molecule has 118 valence electrons. The second-order valence-corrected chi connectivity index (χ2v) is 4.77. The molecule has 22 heavy (non-hydrogen) atoms. The van der Waals surface area contributed by atoms with E-state index in [1.165, 1.54) is 6.07 Å². The van der Waals surface area contributed by atoms with Gasteiger partial charge < -0.3 is 10.2 Å². The van der Waals surface area contributed by atoms with Crippen molar-refractivity contribution in [3.8, 4) is 0 Å². The van der Waals surface area contributed by atoms with Gasteiger partial charge >= 0.3 is 12.3 Å². The van der Waals surface area contributed by atoms with E-state index in [-0.39, 0.29) is 4.90 Å². The van der Waals surface area contributed by atoms with Gasteiger partial charge in [0.2, 0.25) is 0 Å². The summed E-state index contributed by atoms with van der Waals surface area (Å²) in [6.45, 7) is -1.78. The number of halogens is 3. The van der Waals surface area contributed by atoms with Crippen LogP contribution in [0.5, 0.6) is 0 Å². The van der Waals surface area contributed by atoms with E-state index in [0.29, 0.717) is 10.9 Å². The van der Waals surface area contributed by atoms with Gasteiger partial charge in [-0.15, -0.1) is 0 Å². The molecule has 0 spiro atoms. The third-order valence-electron chi connectivity index (χ3n) is 3.38. The molecule has 0 aliphatic rings. The molecule has 4 nitrogen and oxygen atoms in total. The second kappa shape index (κ2) is 6.33. The van der Waals surface area contributed by atoms with Gasteiger partial charge in [0, 0.05) is 6.54 Å². The lowest BCUT2D eigenvalue weighted by Gasteiger charge is -2.29. The third-order valence-corrected chi connectivity index (χ3v) is 3.38. The number of aliphatic carboxylic acids is 1. The van der Waals surface area contributed by atoms with Crippen LogP contribution in [-0.2, 0) is 11.3 Å². The van der Waals surface area contributed by atoms with Gasteiger partial charge in [-0.05, 0) is 16.3 Å². The van der Waals surface area contributed by atoms with Crippen molar-refractivity contribution in [2.45, 2.75) is 18.9 Å². The Bertz CT molecular complexity index is 667. The first-order valence-corrected chi connectivity index (χ1v) is 6.48. The topological polar surface area (TPSA) is 60.8 Å². The summed E-state index contributed by atoms with van der Waals surface area (Å²) >= 11 is 0. The zero-order chi connectivity index (χ0) is 16.3. The van der Waals surface area contributed by atoms with Crippen LogP contribution in [0.1, 0.15) is 5.56 Å². The summed E-state index contributed by atoms with van der Waals surface area (Å²) in [5, 5.41) is 19.3. The van der Waals surface area contributed by atoms with Gasteiger partial charge in [-0.1, -0.05) is 42.5 Å². The number of fused-ring (bicyclic) bond motifs is 1. The lowest BCUT2D eigenvalue weighted by molar-refractivity contribution is -0.265. The summed E-state index contributed by atoms with van der Waals surface area (Å²) < 4.78 is 39.5. The van der Waals surface area contributed by atoms with Crippen molar-refractivity contribution in [2.24, 2.45) is 0 Å². The second-order valence-electron chi connectivity index (χ2n) is 4.77. The number of hydrogen-bond donors (Lipinski definition) is 2. The monoisotopic (exact) mass is 313 g/mol. The minimum absolute atomic E-state index is 0.170. The highest BCUT2D eigenvalue weighted by atomic mass is 19.4. The fraction of sp³-hybridized carbons (Fsp3) is 0.267. The Kier molecular flexibility index (Phi) is 4.68. The first-order valence-electron chi connectivity index (χ1n) is 6.48. The van der Waals surface area contributed by atoms with Crippen molar-refractivity contribution < 1.29 is 28.2 Å². The summed E-state index contributed by atoms with van der Waals surface area (Å²) in [6.07, 6.45) is -4.87. The van der Waals surface area contributed by atoms with Crippen molar-refractivity contribution >= 4 is 16.7 Å². The van der Waals surface area contributed by atoms with Crippen LogP contribution in [0.4, 0.5) is 13.2 Å². The maximum atomic E-state index is 13.2. The van der Waals surface area contributed by atoms with Crippen molar-refractivity contribution in [1.82, 2.24) is 4.90 Å². The summed E-state index contributed by atoms with van der Waals surface area (Å²) in [4.78, 5) is 10.8. The number of benzene rings is 2. The molecule has 0 saturated heterocycles. The minimum atomic E-state index is -4.87. The van der Waals surface area contributed by atoms with E-state index in [2.05, 4.69) is 0 Å². The molecule has 0 bridgehead atoms. The molecule has 0 heterocycles. The fourth-order valence-electron chi connectivity index (χ4n) is 2.30. The number of carboxylic acid groups (broad SMARTS) is 1. The number of hydrogen-bond acceptors (Lipinski definition) is 3. The Labute approximate surface area is 124 Å². The van der Waals surface area contributed by atoms with Crippen LogP contribution in [0.25, 0.3) is 10.8 Å². The molecule has 0 amide bonds. The summed E-state index contributed by atoms with van der Waals surface area (Å²) in [5.74, 6) is -1.72. The van der Waals surface area contributed by atoms with E-state index in [1.54, 1.807) is 36.4 Å². The van der Waals surface area contributed by atoms with Gasteiger partial charge in [-0.2, -0.15) is 18.1 Å². The van der Waals surface area contributed by atoms with Crippen LogP contribution in [-0.4, -0.2) is 40.0 Å². The molecule has 0 aliphatic carbocycles. The molecule has 1 unspecified atom stereocenters. The molecule has 0 aliphatic heterocycles. The van der Waals surface area contributed by atoms with E-state index in [1.807, 2.05) is 0 Å². The Balaban J connectivity index is 2.44. The molecule has 2 aromatic rings. The predicted molar refractivity (Wildman–Crippen MR) is 74.1 cm³/mol. The average Bonchev–Trinajstić information content (AvgIpc) is 2.46. The standard InChI is InChI=1S/C15H14F3NO3/c16-15(17,18)19(13(9-20)14(21)22)8-11-6-3-5-10-4-1-2-7-12(10)11/h1-7,13,20H,8-9H2,(H,21,22). The maximum Gasteiger partial charge on any atom is 0.461 e. The van der Waals surface area contributed by atoms with E-state index in [4.69, 9.17) is 10.2 Å². The first kappa shape index (κ1) is 16.3. The summed E-state index contributed by atoms with van der Waals surface area (Å²) in [5.41, 5.74) is 0.343. The van der Waals surface area contributed by atoms with Gasteiger partial charge in [0.15, 0.2) is 0 Å². The Morgan fingerprint density at radius 2 is 1.77 bits per heavy atom. The number of rotatable bonds is 5. The summed E-state index contributed by atoms with van der Waals surface area (Å²) in [6, 6.07) is 9.74. The molecule has 2 aromatic carbocycles. The van der Waals surface area contributed by atoms with Crippen LogP contribution >= 0.6 is 0 Å². The lowest BCUT2D eigenvalue weighted by atomic mass is 10.0.